The smallest absolute Gasteiger partial charge is 0.255 e. The van der Waals surface area contributed by atoms with E-state index in [4.69, 9.17) is 16.3 Å². The van der Waals surface area contributed by atoms with Crippen molar-refractivity contribution < 1.29 is 14.6 Å². The quantitative estimate of drug-likeness (QED) is 0.681. The second kappa shape index (κ2) is 8.41. The normalized spacial score (nSPS) is 11.6. The van der Waals surface area contributed by atoms with Crippen molar-refractivity contribution in [2.75, 3.05) is 30.2 Å². The lowest BCUT2D eigenvalue weighted by molar-refractivity contribution is 0.102. The van der Waals surface area contributed by atoms with Crippen LogP contribution >= 0.6 is 11.6 Å². The van der Waals surface area contributed by atoms with E-state index in [1.54, 1.807) is 43.5 Å². The SMILES string of the molecule is COc1cccc(NC(=O)c2cccc(NCC(O)CCl)c2)c1. The van der Waals surface area contributed by atoms with Crippen LogP contribution in [0.4, 0.5) is 11.4 Å². The molecule has 5 nitrogen and oxygen atoms in total. The molecule has 0 aliphatic carbocycles. The summed E-state index contributed by atoms with van der Waals surface area (Å²) in [4.78, 5) is 12.3. The molecule has 1 unspecified atom stereocenters. The number of ether oxygens (including phenoxy) is 1. The molecule has 122 valence electrons. The van der Waals surface area contributed by atoms with E-state index < -0.39 is 6.10 Å². The van der Waals surface area contributed by atoms with E-state index in [9.17, 15) is 9.90 Å². The van der Waals surface area contributed by atoms with Gasteiger partial charge in [-0.25, -0.2) is 0 Å². The molecule has 0 aliphatic heterocycles. The maximum absolute atomic E-state index is 12.3. The van der Waals surface area contributed by atoms with Gasteiger partial charge in [0.25, 0.3) is 5.91 Å². The highest BCUT2D eigenvalue weighted by Gasteiger charge is 2.08. The Bertz CT molecular complexity index is 664. The summed E-state index contributed by atoms with van der Waals surface area (Å²) in [6.45, 7) is 0.324. The number of aliphatic hydroxyl groups excluding tert-OH is 1. The van der Waals surface area contributed by atoms with Gasteiger partial charge in [-0.05, 0) is 30.3 Å². The Kier molecular flexibility index (Phi) is 6.26. The van der Waals surface area contributed by atoms with E-state index in [0.717, 1.165) is 5.69 Å². The summed E-state index contributed by atoms with van der Waals surface area (Å²) in [6.07, 6.45) is -0.633. The van der Waals surface area contributed by atoms with E-state index in [-0.39, 0.29) is 11.8 Å². The van der Waals surface area contributed by atoms with Crippen LogP contribution in [0.5, 0.6) is 5.75 Å². The Balaban J connectivity index is 2.04. The lowest BCUT2D eigenvalue weighted by atomic mass is 10.1. The monoisotopic (exact) mass is 334 g/mol. The number of halogens is 1. The number of methoxy groups -OCH3 is 1. The predicted molar refractivity (Wildman–Crippen MR) is 92.6 cm³/mol. The summed E-state index contributed by atoms with van der Waals surface area (Å²) in [7, 11) is 1.57. The van der Waals surface area contributed by atoms with Crippen LogP contribution in [-0.4, -0.2) is 36.7 Å². The van der Waals surface area contributed by atoms with Crippen LogP contribution in [0.3, 0.4) is 0 Å². The third-order valence-corrected chi connectivity index (χ3v) is 3.53. The standard InChI is InChI=1S/C17H19ClN2O3/c1-23-16-7-3-6-14(9-16)20-17(22)12-4-2-5-13(8-12)19-11-15(21)10-18/h2-9,15,19,21H,10-11H2,1H3,(H,20,22). The first kappa shape index (κ1) is 17.1. The molecule has 0 aromatic heterocycles. The fourth-order valence-electron chi connectivity index (χ4n) is 1.96. The third kappa shape index (κ3) is 5.16. The van der Waals surface area contributed by atoms with Crippen LogP contribution in [0.25, 0.3) is 0 Å². The van der Waals surface area contributed by atoms with Gasteiger partial charge in [0, 0.05) is 29.5 Å². The van der Waals surface area contributed by atoms with Crippen LogP contribution < -0.4 is 15.4 Å². The lowest BCUT2D eigenvalue weighted by Crippen LogP contribution is -2.21. The van der Waals surface area contributed by atoms with Gasteiger partial charge in [-0.15, -0.1) is 11.6 Å². The minimum absolute atomic E-state index is 0.156. The number of aliphatic hydroxyl groups is 1. The molecule has 3 N–H and O–H groups in total. The molecule has 1 amide bonds. The topological polar surface area (TPSA) is 70.6 Å². The summed E-state index contributed by atoms with van der Waals surface area (Å²) in [5, 5.41) is 15.3. The molecule has 0 saturated carbocycles. The molecule has 0 bridgehead atoms. The Morgan fingerprint density at radius 2 is 1.96 bits per heavy atom. The molecule has 23 heavy (non-hydrogen) atoms. The van der Waals surface area contributed by atoms with Gasteiger partial charge in [0.05, 0.1) is 19.1 Å². The summed E-state index contributed by atoms with van der Waals surface area (Å²) < 4.78 is 5.13. The molecule has 1 atom stereocenters. The van der Waals surface area contributed by atoms with Crippen LogP contribution in [0.1, 0.15) is 10.4 Å². The van der Waals surface area contributed by atoms with Crippen molar-refractivity contribution in [1.82, 2.24) is 0 Å². The van der Waals surface area contributed by atoms with Crippen molar-refractivity contribution in [1.29, 1.82) is 0 Å². The minimum atomic E-state index is -0.633. The van der Waals surface area contributed by atoms with E-state index in [1.165, 1.54) is 0 Å². The Hall–Kier alpha value is -2.24. The molecule has 0 spiro atoms. The maximum Gasteiger partial charge on any atom is 0.255 e. The highest BCUT2D eigenvalue weighted by molar-refractivity contribution is 6.18. The number of amides is 1. The summed E-state index contributed by atoms with van der Waals surface area (Å²) in [6, 6.07) is 14.2. The van der Waals surface area contributed by atoms with Crippen LogP contribution in [-0.2, 0) is 0 Å². The van der Waals surface area contributed by atoms with E-state index in [2.05, 4.69) is 10.6 Å². The average molecular weight is 335 g/mol. The van der Waals surface area contributed by atoms with Gasteiger partial charge in [-0.3, -0.25) is 4.79 Å². The highest BCUT2D eigenvalue weighted by atomic mass is 35.5. The number of benzene rings is 2. The third-order valence-electron chi connectivity index (χ3n) is 3.17. The highest BCUT2D eigenvalue weighted by Crippen LogP contribution is 2.18. The van der Waals surface area contributed by atoms with Gasteiger partial charge in [0.1, 0.15) is 5.75 Å². The maximum atomic E-state index is 12.3. The lowest BCUT2D eigenvalue weighted by Gasteiger charge is -2.11. The Morgan fingerprint density at radius 1 is 1.22 bits per heavy atom. The van der Waals surface area contributed by atoms with Crippen molar-refractivity contribution in [3.8, 4) is 5.75 Å². The molecular formula is C17H19ClN2O3. The molecule has 2 rings (SSSR count). The first-order chi connectivity index (χ1) is 11.1. The summed E-state index contributed by atoms with van der Waals surface area (Å²) in [5.41, 5.74) is 1.91. The van der Waals surface area contributed by atoms with Crippen LogP contribution in [0, 0.1) is 0 Å². The van der Waals surface area contributed by atoms with Crippen LogP contribution in [0.2, 0.25) is 0 Å². The van der Waals surface area contributed by atoms with Gasteiger partial charge < -0.3 is 20.5 Å². The molecule has 0 radical (unpaired) electrons. The van der Waals surface area contributed by atoms with Gasteiger partial charge >= 0.3 is 0 Å². The number of anilines is 2. The molecule has 2 aromatic rings. The zero-order valence-electron chi connectivity index (χ0n) is 12.8. The van der Waals surface area contributed by atoms with Crippen molar-refractivity contribution in [3.63, 3.8) is 0 Å². The van der Waals surface area contributed by atoms with Gasteiger partial charge in [0.2, 0.25) is 0 Å². The Morgan fingerprint density at radius 3 is 2.70 bits per heavy atom. The van der Waals surface area contributed by atoms with Crippen LogP contribution in [0.15, 0.2) is 48.5 Å². The number of carbonyl (C=O) groups excluding carboxylic acids is 1. The molecule has 2 aromatic carbocycles. The van der Waals surface area contributed by atoms with Crippen molar-refractivity contribution in [3.05, 3.63) is 54.1 Å². The number of rotatable bonds is 7. The molecule has 0 aliphatic rings. The molecule has 0 saturated heterocycles. The largest absolute Gasteiger partial charge is 0.497 e. The van der Waals surface area contributed by atoms with Crippen molar-refractivity contribution >= 4 is 28.9 Å². The molecular weight excluding hydrogens is 316 g/mol. The van der Waals surface area contributed by atoms with Gasteiger partial charge in [0.15, 0.2) is 0 Å². The zero-order valence-corrected chi connectivity index (χ0v) is 13.5. The van der Waals surface area contributed by atoms with E-state index in [0.29, 0.717) is 23.5 Å². The molecule has 0 heterocycles. The second-order valence-corrected chi connectivity index (χ2v) is 5.26. The Labute approximate surface area is 140 Å². The van der Waals surface area contributed by atoms with Crippen molar-refractivity contribution in [2.45, 2.75) is 6.10 Å². The van der Waals surface area contributed by atoms with Crippen molar-refractivity contribution in [2.24, 2.45) is 0 Å². The number of alkyl halides is 1. The molecule has 0 fully saturated rings. The molecule has 6 heteroatoms. The minimum Gasteiger partial charge on any atom is -0.497 e. The first-order valence-electron chi connectivity index (χ1n) is 7.15. The fourth-order valence-corrected chi connectivity index (χ4v) is 2.07. The fraction of sp³-hybridized carbons (Fsp3) is 0.235. The second-order valence-electron chi connectivity index (χ2n) is 4.96. The predicted octanol–water partition coefficient (Wildman–Crippen LogP) is 2.96. The summed E-state index contributed by atoms with van der Waals surface area (Å²) >= 11 is 5.55. The van der Waals surface area contributed by atoms with Gasteiger partial charge in [-0.1, -0.05) is 12.1 Å². The number of hydrogen-bond donors (Lipinski definition) is 3. The first-order valence-corrected chi connectivity index (χ1v) is 7.69. The number of nitrogens with one attached hydrogen (secondary N) is 2. The zero-order chi connectivity index (χ0) is 16.7. The number of carbonyl (C=O) groups is 1. The van der Waals surface area contributed by atoms with Gasteiger partial charge in [-0.2, -0.15) is 0 Å². The van der Waals surface area contributed by atoms with E-state index in [1.807, 2.05) is 12.1 Å². The average Bonchev–Trinajstić information content (AvgIpc) is 2.60. The van der Waals surface area contributed by atoms with E-state index >= 15 is 0 Å². The summed E-state index contributed by atoms with van der Waals surface area (Å²) in [5.74, 6) is 0.608. The number of hydrogen-bond acceptors (Lipinski definition) is 4.